The highest BCUT2D eigenvalue weighted by atomic mass is 16.5. The number of aromatic nitrogens is 4. The third-order valence-corrected chi connectivity index (χ3v) is 5.49. The van der Waals surface area contributed by atoms with E-state index < -0.39 is 0 Å². The highest BCUT2D eigenvalue weighted by Crippen LogP contribution is 2.22. The fraction of sp³-hybridized carbons (Fsp3) is 0.250. The summed E-state index contributed by atoms with van der Waals surface area (Å²) in [4.78, 5) is 23.3. The molecule has 1 aliphatic heterocycles. The van der Waals surface area contributed by atoms with Gasteiger partial charge in [-0.2, -0.15) is 5.10 Å². The van der Waals surface area contributed by atoms with Gasteiger partial charge in [-0.05, 0) is 48.4 Å². The van der Waals surface area contributed by atoms with Gasteiger partial charge in [0.2, 0.25) is 0 Å². The highest BCUT2D eigenvalue weighted by molar-refractivity contribution is 5.94. The molecule has 1 unspecified atom stereocenters. The van der Waals surface area contributed by atoms with Crippen molar-refractivity contribution < 1.29 is 14.3 Å². The smallest absolute Gasteiger partial charge is 0.321 e. The second-order valence-corrected chi connectivity index (χ2v) is 7.75. The van der Waals surface area contributed by atoms with Crippen LogP contribution in [-0.4, -0.2) is 56.7 Å². The minimum Gasteiger partial charge on any atom is -0.424 e. The van der Waals surface area contributed by atoms with E-state index >= 15 is 0 Å². The van der Waals surface area contributed by atoms with Crippen LogP contribution in [-0.2, 0) is 11.2 Å². The second kappa shape index (κ2) is 9.15. The van der Waals surface area contributed by atoms with Crippen LogP contribution in [0.2, 0.25) is 0 Å². The average Bonchev–Trinajstić information content (AvgIpc) is 3.19. The number of hydrogen-bond donors (Lipinski definition) is 0. The van der Waals surface area contributed by atoms with Crippen molar-refractivity contribution in [3.8, 4) is 11.8 Å². The van der Waals surface area contributed by atoms with Crippen LogP contribution in [0.4, 0.5) is 0 Å². The molecule has 4 heterocycles. The summed E-state index contributed by atoms with van der Waals surface area (Å²) in [6, 6.07) is 15.2. The number of nitrogens with zero attached hydrogens (tertiary/aromatic N) is 5. The molecule has 0 radical (unpaired) electrons. The molecule has 1 fully saturated rings. The van der Waals surface area contributed by atoms with E-state index in [4.69, 9.17) is 9.47 Å². The Labute approximate surface area is 185 Å². The second-order valence-electron chi connectivity index (χ2n) is 7.75. The predicted molar refractivity (Wildman–Crippen MR) is 118 cm³/mol. The summed E-state index contributed by atoms with van der Waals surface area (Å²) in [6.07, 6.45) is 7.77. The Morgan fingerprint density at radius 3 is 2.91 bits per heavy atom. The van der Waals surface area contributed by atoms with E-state index in [2.05, 4.69) is 21.1 Å². The maximum Gasteiger partial charge on any atom is 0.321 e. The lowest BCUT2D eigenvalue weighted by atomic mass is 9.99. The summed E-state index contributed by atoms with van der Waals surface area (Å²) < 4.78 is 13.4. The lowest BCUT2D eigenvalue weighted by Gasteiger charge is -2.24. The van der Waals surface area contributed by atoms with Crippen LogP contribution in [0.15, 0.2) is 73.3 Å². The minimum absolute atomic E-state index is 0.0394. The Morgan fingerprint density at radius 2 is 2.00 bits per heavy atom. The maximum atomic E-state index is 13.3. The van der Waals surface area contributed by atoms with Crippen molar-refractivity contribution in [3.05, 3.63) is 84.4 Å². The fourth-order valence-electron chi connectivity index (χ4n) is 4.00. The number of carbonyl (C=O) groups is 1. The minimum atomic E-state index is -0.0394. The van der Waals surface area contributed by atoms with E-state index in [1.807, 2.05) is 27.7 Å². The van der Waals surface area contributed by atoms with Gasteiger partial charge >= 0.3 is 6.01 Å². The van der Waals surface area contributed by atoms with Crippen LogP contribution < -0.4 is 4.74 Å². The third-order valence-electron chi connectivity index (χ3n) is 5.49. The molecule has 5 rings (SSSR count). The Morgan fingerprint density at radius 1 is 1.09 bits per heavy atom. The van der Waals surface area contributed by atoms with Gasteiger partial charge in [0.25, 0.3) is 5.91 Å². The highest BCUT2D eigenvalue weighted by Gasteiger charge is 2.24. The predicted octanol–water partition coefficient (Wildman–Crippen LogP) is 3.25. The molecule has 1 saturated heterocycles. The van der Waals surface area contributed by atoms with Crippen molar-refractivity contribution in [1.29, 1.82) is 0 Å². The zero-order chi connectivity index (χ0) is 21.8. The SMILES string of the molecule is O=C(c1cccc(Oc2ncccn2)c1)N1CCOCC(Cc2cccn3nccc23)C1. The first-order valence-electron chi connectivity index (χ1n) is 10.6. The van der Waals surface area contributed by atoms with Crippen LogP contribution in [0.1, 0.15) is 15.9 Å². The number of ether oxygens (including phenoxy) is 2. The number of amides is 1. The average molecular weight is 429 g/mol. The van der Waals surface area contributed by atoms with E-state index in [9.17, 15) is 4.79 Å². The van der Waals surface area contributed by atoms with Gasteiger partial charge in [-0.3, -0.25) is 4.79 Å². The number of hydrogen-bond acceptors (Lipinski definition) is 6. The molecular weight excluding hydrogens is 406 g/mol. The van der Waals surface area contributed by atoms with Crippen LogP contribution in [0, 0.1) is 5.92 Å². The van der Waals surface area contributed by atoms with Crippen molar-refractivity contribution in [1.82, 2.24) is 24.5 Å². The summed E-state index contributed by atoms with van der Waals surface area (Å²) in [5, 5.41) is 4.31. The molecule has 32 heavy (non-hydrogen) atoms. The van der Waals surface area contributed by atoms with Crippen molar-refractivity contribution in [2.75, 3.05) is 26.3 Å². The van der Waals surface area contributed by atoms with Crippen molar-refractivity contribution in [3.63, 3.8) is 0 Å². The fourth-order valence-corrected chi connectivity index (χ4v) is 4.00. The monoisotopic (exact) mass is 429 g/mol. The molecule has 1 aromatic carbocycles. The molecule has 8 nitrogen and oxygen atoms in total. The first kappa shape index (κ1) is 20.1. The third kappa shape index (κ3) is 4.45. The van der Waals surface area contributed by atoms with E-state index in [0.29, 0.717) is 37.6 Å². The molecule has 1 aliphatic rings. The summed E-state index contributed by atoms with van der Waals surface area (Å²) in [5.41, 5.74) is 2.85. The van der Waals surface area contributed by atoms with Crippen molar-refractivity contribution in [2.24, 2.45) is 5.92 Å². The Kier molecular flexibility index (Phi) is 5.76. The number of carbonyl (C=O) groups excluding carboxylic acids is 1. The van der Waals surface area contributed by atoms with Crippen LogP contribution in [0.25, 0.3) is 5.52 Å². The van der Waals surface area contributed by atoms with Crippen molar-refractivity contribution in [2.45, 2.75) is 6.42 Å². The molecule has 3 aromatic heterocycles. The summed E-state index contributed by atoms with van der Waals surface area (Å²) >= 11 is 0. The van der Waals surface area contributed by atoms with Crippen LogP contribution in [0.5, 0.6) is 11.8 Å². The zero-order valence-electron chi connectivity index (χ0n) is 17.5. The molecule has 0 saturated carbocycles. The lowest BCUT2D eigenvalue weighted by molar-refractivity contribution is 0.0737. The first-order valence-corrected chi connectivity index (χ1v) is 10.6. The van der Waals surface area contributed by atoms with Gasteiger partial charge in [-0.15, -0.1) is 0 Å². The molecule has 0 aliphatic carbocycles. The van der Waals surface area contributed by atoms with E-state index in [0.717, 1.165) is 11.9 Å². The summed E-state index contributed by atoms with van der Waals surface area (Å²) in [5.74, 6) is 0.680. The largest absolute Gasteiger partial charge is 0.424 e. The van der Waals surface area contributed by atoms with Gasteiger partial charge in [0.15, 0.2) is 0 Å². The summed E-state index contributed by atoms with van der Waals surface area (Å²) in [7, 11) is 0. The number of fused-ring (bicyclic) bond motifs is 1. The standard InChI is InChI=1S/C24H23N5O3/c30-23(20-4-1-6-21(15-20)32-24-25-8-3-9-26-24)28-12-13-31-17-18(16-28)14-19-5-2-11-29-22(19)7-10-27-29/h1-11,15,18H,12-14,16-17H2. The molecule has 0 bridgehead atoms. The molecule has 0 spiro atoms. The quantitative estimate of drug-likeness (QED) is 0.484. The van der Waals surface area contributed by atoms with Gasteiger partial charge in [0, 0.05) is 49.4 Å². The topological polar surface area (TPSA) is 81.8 Å². The Hall–Kier alpha value is -3.78. The van der Waals surface area contributed by atoms with Gasteiger partial charge in [0.1, 0.15) is 5.75 Å². The number of rotatable bonds is 5. The zero-order valence-corrected chi connectivity index (χ0v) is 17.5. The van der Waals surface area contributed by atoms with Gasteiger partial charge < -0.3 is 14.4 Å². The normalized spacial score (nSPS) is 16.6. The van der Waals surface area contributed by atoms with E-state index in [1.165, 1.54) is 5.56 Å². The molecule has 0 N–H and O–H groups in total. The molecule has 1 atom stereocenters. The van der Waals surface area contributed by atoms with Crippen molar-refractivity contribution >= 4 is 11.4 Å². The van der Waals surface area contributed by atoms with Gasteiger partial charge in [-0.1, -0.05) is 12.1 Å². The Bertz CT molecular complexity index is 1210. The number of benzene rings is 1. The molecule has 4 aromatic rings. The van der Waals surface area contributed by atoms with E-state index in [-0.39, 0.29) is 17.8 Å². The molecule has 8 heteroatoms. The molecule has 162 valence electrons. The number of pyridine rings is 1. The first-order chi connectivity index (χ1) is 15.8. The summed E-state index contributed by atoms with van der Waals surface area (Å²) in [6.45, 7) is 2.32. The maximum absolute atomic E-state index is 13.3. The van der Waals surface area contributed by atoms with Gasteiger partial charge in [-0.25, -0.2) is 14.5 Å². The molecular formula is C24H23N5O3. The van der Waals surface area contributed by atoms with Gasteiger partial charge in [0.05, 0.1) is 18.7 Å². The Balaban J connectivity index is 1.31. The van der Waals surface area contributed by atoms with Crippen LogP contribution >= 0.6 is 0 Å². The van der Waals surface area contributed by atoms with Crippen LogP contribution in [0.3, 0.4) is 0 Å². The van der Waals surface area contributed by atoms with E-state index in [1.54, 1.807) is 48.9 Å². The lowest BCUT2D eigenvalue weighted by Crippen LogP contribution is -2.36. The molecule has 1 amide bonds.